The first-order chi connectivity index (χ1) is 7.02. The molecule has 0 spiro atoms. The highest BCUT2D eigenvalue weighted by Gasteiger charge is 2.13. The van der Waals surface area contributed by atoms with Crippen LogP contribution in [-0.4, -0.2) is 16.5 Å². The van der Waals surface area contributed by atoms with Crippen molar-refractivity contribution >= 4 is 11.8 Å². The zero-order valence-electron chi connectivity index (χ0n) is 9.47. The number of benzene rings is 1. The zero-order chi connectivity index (χ0) is 11.4. The maximum absolute atomic E-state index is 9.46. The molecule has 0 heterocycles. The van der Waals surface area contributed by atoms with Crippen LogP contribution in [0.2, 0.25) is 0 Å². The lowest BCUT2D eigenvalue weighted by Gasteiger charge is -2.18. The van der Waals surface area contributed by atoms with E-state index >= 15 is 0 Å². The summed E-state index contributed by atoms with van der Waals surface area (Å²) in [6.45, 7) is 5.81. The maximum Gasteiger partial charge on any atom is 0.0631 e. The summed E-state index contributed by atoms with van der Waals surface area (Å²) in [7, 11) is 0. The van der Waals surface area contributed by atoms with Crippen LogP contribution in [0.5, 0.6) is 0 Å². The van der Waals surface area contributed by atoms with Crippen molar-refractivity contribution in [1.82, 2.24) is 0 Å². The minimum absolute atomic E-state index is 0.0369. The summed E-state index contributed by atoms with van der Waals surface area (Å²) in [6, 6.07) is 8.14. The maximum atomic E-state index is 9.46. The Morgan fingerprint density at radius 2 is 1.80 bits per heavy atom. The fraction of sp³-hybridized carbons (Fsp3) is 0.500. The third-order valence-electron chi connectivity index (χ3n) is 2.40. The molecule has 0 aliphatic heterocycles. The molecule has 1 aromatic carbocycles. The standard InChI is InChI=1S/C12H19NOS/c1-8(13)11-6-4-5-7-12(11)15-10(3)9(2)14/h4-10,14H,13H2,1-3H3/t8-,9?,10?/m1/s1. The minimum Gasteiger partial charge on any atom is -0.392 e. The molecule has 3 atom stereocenters. The fourth-order valence-corrected chi connectivity index (χ4v) is 2.41. The predicted molar refractivity (Wildman–Crippen MR) is 66.0 cm³/mol. The molecule has 0 amide bonds. The largest absolute Gasteiger partial charge is 0.392 e. The van der Waals surface area contributed by atoms with E-state index in [1.165, 1.54) is 4.90 Å². The van der Waals surface area contributed by atoms with Crippen molar-refractivity contribution in [3.8, 4) is 0 Å². The van der Waals surface area contributed by atoms with E-state index < -0.39 is 0 Å². The number of hydrogen-bond donors (Lipinski definition) is 2. The number of aliphatic hydroxyl groups is 1. The molecule has 3 N–H and O–H groups in total. The molecule has 0 bridgehead atoms. The lowest BCUT2D eigenvalue weighted by Crippen LogP contribution is -2.16. The van der Waals surface area contributed by atoms with E-state index in [-0.39, 0.29) is 17.4 Å². The molecule has 0 fully saturated rings. The van der Waals surface area contributed by atoms with Crippen LogP contribution in [0.1, 0.15) is 32.4 Å². The highest BCUT2D eigenvalue weighted by Crippen LogP contribution is 2.30. The van der Waals surface area contributed by atoms with Crippen molar-refractivity contribution < 1.29 is 5.11 Å². The second kappa shape index (κ2) is 5.54. The predicted octanol–water partition coefficient (Wildman–Crippen LogP) is 2.57. The molecule has 3 heteroatoms. The Balaban J connectivity index is 2.84. The van der Waals surface area contributed by atoms with Crippen molar-refractivity contribution in [1.29, 1.82) is 0 Å². The third kappa shape index (κ3) is 3.52. The Labute approximate surface area is 95.9 Å². The van der Waals surface area contributed by atoms with Gasteiger partial charge in [-0.1, -0.05) is 25.1 Å². The monoisotopic (exact) mass is 225 g/mol. The number of nitrogens with two attached hydrogens (primary N) is 1. The van der Waals surface area contributed by atoms with Gasteiger partial charge in [0.1, 0.15) is 0 Å². The highest BCUT2D eigenvalue weighted by atomic mass is 32.2. The Morgan fingerprint density at radius 1 is 1.20 bits per heavy atom. The lowest BCUT2D eigenvalue weighted by molar-refractivity contribution is 0.196. The van der Waals surface area contributed by atoms with Gasteiger partial charge in [-0.25, -0.2) is 0 Å². The van der Waals surface area contributed by atoms with Gasteiger partial charge in [-0.2, -0.15) is 0 Å². The van der Waals surface area contributed by atoms with Crippen LogP contribution >= 0.6 is 11.8 Å². The van der Waals surface area contributed by atoms with Crippen molar-refractivity contribution in [2.24, 2.45) is 5.73 Å². The molecule has 1 rings (SSSR count). The molecule has 0 radical (unpaired) electrons. The van der Waals surface area contributed by atoms with Crippen LogP contribution in [0, 0.1) is 0 Å². The van der Waals surface area contributed by atoms with Gasteiger partial charge in [-0.05, 0) is 25.5 Å². The van der Waals surface area contributed by atoms with Crippen LogP contribution < -0.4 is 5.73 Å². The van der Waals surface area contributed by atoms with Gasteiger partial charge in [-0.3, -0.25) is 0 Å². The van der Waals surface area contributed by atoms with Crippen LogP contribution in [0.15, 0.2) is 29.2 Å². The van der Waals surface area contributed by atoms with Gasteiger partial charge in [0, 0.05) is 16.2 Å². The first-order valence-corrected chi connectivity index (χ1v) is 6.09. The number of hydrogen-bond acceptors (Lipinski definition) is 3. The van der Waals surface area contributed by atoms with Crippen LogP contribution in [0.4, 0.5) is 0 Å². The van der Waals surface area contributed by atoms with Crippen molar-refractivity contribution in [2.45, 2.75) is 43.1 Å². The summed E-state index contributed by atoms with van der Waals surface area (Å²) < 4.78 is 0. The zero-order valence-corrected chi connectivity index (χ0v) is 10.3. The number of thioether (sulfide) groups is 1. The lowest BCUT2D eigenvalue weighted by atomic mass is 10.1. The first-order valence-electron chi connectivity index (χ1n) is 5.21. The molecule has 1 aromatic rings. The Morgan fingerprint density at radius 3 is 2.33 bits per heavy atom. The van der Waals surface area contributed by atoms with E-state index in [1.807, 2.05) is 39.0 Å². The Bertz CT molecular complexity index is 312. The summed E-state index contributed by atoms with van der Waals surface area (Å²) in [5, 5.41) is 9.64. The van der Waals surface area contributed by atoms with Gasteiger partial charge in [0.2, 0.25) is 0 Å². The van der Waals surface area contributed by atoms with Gasteiger partial charge in [0.15, 0.2) is 0 Å². The van der Waals surface area contributed by atoms with E-state index in [0.717, 1.165) is 5.56 Å². The minimum atomic E-state index is -0.309. The summed E-state index contributed by atoms with van der Waals surface area (Å²) in [5.41, 5.74) is 7.04. The molecule has 2 unspecified atom stereocenters. The van der Waals surface area contributed by atoms with Crippen LogP contribution in [0.3, 0.4) is 0 Å². The van der Waals surface area contributed by atoms with Crippen LogP contribution in [-0.2, 0) is 0 Å². The van der Waals surface area contributed by atoms with Crippen molar-refractivity contribution in [3.63, 3.8) is 0 Å². The molecule has 0 aromatic heterocycles. The van der Waals surface area contributed by atoms with Gasteiger partial charge in [0.25, 0.3) is 0 Å². The molecule has 84 valence electrons. The number of rotatable bonds is 4. The van der Waals surface area contributed by atoms with E-state index in [4.69, 9.17) is 5.73 Å². The summed E-state index contributed by atoms with van der Waals surface area (Å²) in [4.78, 5) is 1.17. The quantitative estimate of drug-likeness (QED) is 0.774. The van der Waals surface area contributed by atoms with Gasteiger partial charge in [0.05, 0.1) is 6.10 Å². The summed E-state index contributed by atoms with van der Waals surface area (Å²) in [5.74, 6) is 0. The SMILES string of the molecule is CC(O)C(C)Sc1ccccc1[C@@H](C)N. The molecular formula is C12H19NOS. The molecule has 0 saturated carbocycles. The normalized spacial score (nSPS) is 17.1. The smallest absolute Gasteiger partial charge is 0.0631 e. The van der Waals surface area contributed by atoms with E-state index in [9.17, 15) is 5.11 Å². The topological polar surface area (TPSA) is 46.2 Å². The molecule has 0 saturated heterocycles. The van der Waals surface area contributed by atoms with Gasteiger partial charge < -0.3 is 10.8 Å². The Kier molecular flexibility index (Phi) is 4.64. The highest BCUT2D eigenvalue weighted by molar-refractivity contribution is 8.00. The van der Waals surface area contributed by atoms with Crippen molar-refractivity contribution in [3.05, 3.63) is 29.8 Å². The number of aliphatic hydroxyl groups excluding tert-OH is 1. The molecule has 0 aliphatic rings. The van der Waals surface area contributed by atoms with E-state index in [0.29, 0.717) is 0 Å². The second-order valence-corrected chi connectivity index (χ2v) is 5.31. The third-order valence-corrected chi connectivity index (χ3v) is 3.79. The van der Waals surface area contributed by atoms with Crippen LogP contribution in [0.25, 0.3) is 0 Å². The average molecular weight is 225 g/mol. The molecule has 2 nitrogen and oxygen atoms in total. The molecular weight excluding hydrogens is 206 g/mol. The first kappa shape index (κ1) is 12.6. The van der Waals surface area contributed by atoms with E-state index in [1.54, 1.807) is 11.8 Å². The average Bonchev–Trinajstić information content (AvgIpc) is 2.18. The van der Waals surface area contributed by atoms with E-state index in [2.05, 4.69) is 6.07 Å². The Hall–Kier alpha value is -0.510. The van der Waals surface area contributed by atoms with Gasteiger partial charge >= 0.3 is 0 Å². The second-order valence-electron chi connectivity index (χ2n) is 3.89. The molecule has 0 aliphatic carbocycles. The molecule has 15 heavy (non-hydrogen) atoms. The summed E-state index contributed by atoms with van der Waals surface area (Å²) >= 11 is 1.68. The fourth-order valence-electron chi connectivity index (χ4n) is 1.26. The summed E-state index contributed by atoms with van der Waals surface area (Å²) in [6.07, 6.45) is -0.309. The van der Waals surface area contributed by atoms with Gasteiger partial charge in [-0.15, -0.1) is 11.8 Å². The van der Waals surface area contributed by atoms with Crippen molar-refractivity contribution in [2.75, 3.05) is 0 Å².